The van der Waals surface area contributed by atoms with Gasteiger partial charge in [0.05, 0.1) is 6.10 Å². The molecule has 0 aliphatic carbocycles. The van der Waals surface area contributed by atoms with E-state index in [0.29, 0.717) is 12.0 Å². The van der Waals surface area contributed by atoms with Crippen molar-refractivity contribution in [2.75, 3.05) is 13.2 Å². The molecule has 100 valence electrons. The number of benzene rings is 1. The molecular formula is C16H25NO. The summed E-state index contributed by atoms with van der Waals surface area (Å²) in [5.41, 5.74) is 4.05. The van der Waals surface area contributed by atoms with E-state index in [2.05, 4.69) is 51.2 Å². The van der Waals surface area contributed by atoms with Crippen LogP contribution >= 0.6 is 0 Å². The smallest absolute Gasteiger partial charge is 0.0868 e. The molecule has 0 radical (unpaired) electrons. The summed E-state index contributed by atoms with van der Waals surface area (Å²) in [5, 5.41) is 3.54. The highest BCUT2D eigenvalue weighted by Gasteiger charge is 2.30. The Balaban J connectivity index is 2.10. The molecule has 0 amide bonds. The molecule has 1 aliphatic heterocycles. The first-order valence-corrected chi connectivity index (χ1v) is 7.00. The van der Waals surface area contributed by atoms with Crippen LogP contribution < -0.4 is 5.32 Å². The first kappa shape index (κ1) is 13.6. The van der Waals surface area contributed by atoms with Gasteiger partial charge >= 0.3 is 0 Å². The van der Waals surface area contributed by atoms with Gasteiger partial charge in [-0.25, -0.2) is 0 Å². The van der Waals surface area contributed by atoms with E-state index in [-0.39, 0.29) is 6.10 Å². The molecule has 1 aromatic rings. The maximum absolute atomic E-state index is 5.96. The lowest BCUT2D eigenvalue weighted by atomic mass is 9.91. The molecule has 0 spiro atoms. The van der Waals surface area contributed by atoms with Crippen LogP contribution in [0.1, 0.15) is 43.1 Å². The lowest BCUT2D eigenvalue weighted by molar-refractivity contribution is 0.0896. The van der Waals surface area contributed by atoms with Crippen LogP contribution in [0.4, 0.5) is 0 Å². The van der Waals surface area contributed by atoms with Crippen molar-refractivity contribution < 1.29 is 4.74 Å². The van der Waals surface area contributed by atoms with E-state index in [1.165, 1.54) is 16.7 Å². The molecule has 2 atom stereocenters. The van der Waals surface area contributed by atoms with Gasteiger partial charge in [-0.15, -0.1) is 0 Å². The number of hydrogen-bond donors (Lipinski definition) is 1. The third-order valence-electron chi connectivity index (χ3n) is 3.73. The van der Waals surface area contributed by atoms with Gasteiger partial charge in [0.15, 0.2) is 0 Å². The minimum absolute atomic E-state index is 0.275. The van der Waals surface area contributed by atoms with E-state index in [4.69, 9.17) is 4.74 Å². The first-order chi connectivity index (χ1) is 8.58. The molecule has 1 fully saturated rings. The van der Waals surface area contributed by atoms with Gasteiger partial charge in [-0.05, 0) is 31.4 Å². The van der Waals surface area contributed by atoms with E-state index in [9.17, 15) is 0 Å². The summed E-state index contributed by atoms with van der Waals surface area (Å²) >= 11 is 0. The maximum Gasteiger partial charge on any atom is 0.0868 e. The zero-order chi connectivity index (χ0) is 13.1. The standard InChI is InChI=1S/C16H25NO/c1-11(2)17-10-14-7-8-18-16(14)15-6-5-12(3)9-13(15)4/h5-6,9,11,14,16-17H,7-8,10H2,1-4H3. The molecule has 1 N–H and O–H groups in total. The third-order valence-corrected chi connectivity index (χ3v) is 3.73. The number of aryl methyl sites for hydroxylation is 2. The van der Waals surface area contributed by atoms with E-state index >= 15 is 0 Å². The lowest BCUT2D eigenvalue weighted by Gasteiger charge is -2.22. The van der Waals surface area contributed by atoms with E-state index in [1.807, 2.05) is 0 Å². The van der Waals surface area contributed by atoms with Gasteiger partial charge in [0.2, 0.25) is 0 Å². The zero-order valence-electron chi connectivity index (χ0n) is 12.0. The SMILES string of the molecule is Cc1ccc(C2OCCC2CNC(C)C)c(C)c1. The van der Waals surface area contributed by atoms with Crippen LogP contribution in [-0.4, -0.2) is 19.2 Å². The molecule has 0 bridgehead atoms. The van der Waals surface area contributed by atoms with Gasteiger partial charge in [-0.1, -0.05) is 37.6 Å². The Labute approximate surface area is 111 Å². The summed E-state index contributed by atoms with van der Waals surface area (Å²) in [4.78, 5) is 0. The van der Waals surface area contributed by atoms with Crippen LogP contribution in [0.5, 0.6) is 0 Å². The molecule has 1 aromatic carbocycles. The normalized spacial score (nSPS) is 23.8. The summed E-state index contributed by atoms with van der Waals surface area (Å²) in [6.45, 7) is 10.7. The average molecular weight is 247 g/mol. The fourth-order valence-corrected chi connectivity index (χ4v) is 2.72. The highest BCUT2D eigenvalue weighted by atomic mass is 16.5. The largest absolute Gasteiger partial charge is 0.373 e. The van der Waals surface area contributed by atoms with Crippen LogP contribution in [0, 0.1) is 19.8 Å². The van der Waals surface area contributed by atoms with Crippen molar-refractivity contribution in [1.82, 2.24) is 5.32 Å². The molecule has 0 aromatic heterocycles. The molecule has 1 aliphatic rings. The predicted molar refractivity (Wildman–Crippen MR) is 75.9 cm³/mol. The van der Waals surface area contributed by atoms with E-state index < -0.39 is 0 Å². The summed E-state index contributed by atoms with van der Waals surface area (Å²) < 4.78 is 5.96. The van der Waals surface area contributed by atoms with Gasteiger partial charge in [-0.2, -0.15) is 0 Å². The van der Waals surface area contributed by atoms with Crippen LogP contribution in [0.3, 0.4) is 0 Å². The monoisotopic (exact) mass is 247 g/mol. The second-order valence-electron chi connectivity index (χ2n) is 5.76. The van der Waals surface area contributed by atoms with Crippen molar-refractivity contribution in [2.45, 2.75) is 46.3 Å². The number of rotatable bonds is 4. The van der Waals surface area contributed by atoms with Crippen LogP contribution in [0.2, 0.25) is 0 Å². The van der Waals surface area contributed by atoms with Crippen molar-refractivity contribution in [1.29, 1.82) is 0 Å². The summed E-state index contributed by atoms with van der Waals surface area (Å²) in [6.07, 6.45) is 1.44. The first-order valence-electron chi connectivity index (χ1n) is 7.00. The summed E-state index contributed by atoms with van der Waals surface area (Å²) in [7, 11) is 0. The molecule has 1 saturated heterocycles. The third kappa shape index (κ3) is 3.12. The number of ether oxygens (including phenoxy) is 1. The van der Waals surface area contributed by atoms with Gasteiger partial charge in [0.1, 0.15) is 0 Å². The van der Waals surface area contributed by atoms with Gasteiger partial charge in [0, 0.05) is 25.1 Å². The molecule has 2 unspecified atom stereocenters. The predicted octanol–water partition coefficient (Wildman–Crippen LogP) is 3.38. The zero-order valence-corrected chi connectivity index (χ0v) is 12.0. The van der Waals surface area contributed by atoms with E-state index in [0.717, 1.165) is 19.6 Å². The van der Waals surface area contributed by atoms with Gasteiger partial charge < -0.3 is 10.1 Å². The topological polar surface area (TPSA) is 21.3 Å². The highest BCUT2D eigenvalue weighted by molar-refractivity contribution is 5.32. The minimum Gasteiger partial charge on any atom is -0.373 e. The molecular weight excluding hydrogens is 222 g/mol. The van der Waals surface area contributed by atoms with Crippen LogP contribution in [-0.2, 0) is 4.74 Å². The summed E-state index contributed by atoms with van der Waals surface area (Å²) in [5.74, 6) is 0.605. The Hall–Kier alpha value is -0.860. The minimum atomic E-state index is 0.275. The fourth-order valence-electron chi connectivity index (χ4n) is 2.72. The Bertz CT molecular complexity index is 400. The molecule has 2 heteroatoms. The van der Waals surface area contributed by atoms with Crippen molar-refractivity contribution in [3.05, 3.63) is 34.9 Å². The molecule has 2 nitrogen and oxygen atoms in total. The molecule has 2 rings (SSSR count). The van der Waals surface area contributed by atoms with Crippen molar-refractivity contribution >= 4 is 0 Å². The Kier molecular flexibility index (Phi) is 4.41. The second-order valence-corrected chi connectivity index (χ2v) is 5.76. The highest BCUT2D eigenvalue weighted by Crippen LogP contribution is 2.35. The van der Waals surface area contributed by atoms with Crippen molar-refractivity contribution in [3.8, 4) is 0 Å². The summed E-state index contributed by atoms with van der Waals surface area (Å²) in [6, 6.07) is 7.23. The quantitative estimate of drug-likeness (QED) is 0.880. The van der Waals surface area contributed by atoms with Gasteiger partial charge in [0.25, 0.3) is 0 Å². The van der Waals surface area contributed by atoms with Crippen LogP contribution in [0.25, 0.3) is 0 Å². The molecule has 18 heavy (non-hydrogen) atoms. The van der Waals surface area contributed by atoms with Crippen molar-refractivity contribution in [2.24, 2.45) is 5.92 Å². The number of hydrogen-bond acceptors (Lipinski definition) is 2. The Morgan fingerprint density at radius 1 is 1.33 bits per heavy atom. The maximum atomic E-state index is 5.96. The average Bonchev–Trinajstić information content (AvgIpc) is 2.74. The van der Waals surface area contributed by atoms with Crippen LogP contribution in [0.15, 0.2) is 18.2 Å². The molecule has 0 saturated carbocycles. The lowest BCUT2D eigenvalue weighted by Crippen LogP contribution is -2.30. The Morgan fingerprint density at radius 3 is 2.78 bits per heavy atom. The van der Waals surface area contributed by atoms with Gasteiger partial charge in [-0.3, -0.25) is 0 Å². The van der Waals surface area contributed by atoms with Crippen molar-refractivity contribution in [3.63, 3.8) is 0 Å². The molecule has 1 heterocycles. The Morgan fingerprint density at radius 2 is 2.11 bits per heavy atom. The number of nitrogens with one attached hydrogen (secondary N) is 1. The fraction of sp³-hybridized carbons (Fsp3) is 0.625. The second kappa shape index (κ2) is 5.85. The van der Waals surface area contributed by atoms with E-state index in [1.54, 1.807) is 0 Å².